The summed E-state index contributed by atoms with van der Waals surface area (Å²) in [4.78, 5) is 32.4. The van der Waals surface area contributed by atoms with Crippen LogP contribution in [0.3, 0.4) is 0 Å². The quantitative estimate of drug-likeness (QED) is 0.767. The number of anilines is 1. The smallest absolute Gasteiger partial charge is 0.257 e. The van der Waals surface area contributed by atoms with Crippen molar-refractivity contribution in [3.63, 3.8) is 0 Å². The fraction of sp³-hybridized carbons (Fsp3) is 0.583. The van der Waals surface area contributed by atoms with Crippen molar-refractivity contribution in [3.8, 4) is 0 Å². The number of rotatable bonds is 5. The first-order valence-corrected chi connectivity index (χ1v) is 12.4. The highest BCUT2D eigenvalue weighted by Gasteiger charge is 2.34. The summed E-state index contributed by atoms with van der Waals surface area (Å²) in [5.74, 6) is 0.460. The SMILES string of the molecule is CCCN(C)C(=O)C1CCCN(C2CCN(C(=O)c3c(N)sc4ccccc34)CC2)C1. The van der Waals surface area contributed by atoms with Gasteiger partial charge in [-0.25, -0.2) is 0 Å². The molecule has 0 saturated carbocycles. The molecular formula is C24H34N4O2S. The monoisotopic (exact) mass is 442 g/mol. The van der Waals surface area contributed by atoms with Gasteiger partial charge in [-0.05, 0) is 44.7 Å². The van der Waals surface area contributed by atoms with E-state index in [9.17, 15) is 9.59 Å². The molecule has 1 unspecified atom stereocenters. The molecule has 6 nitrogen and oxygen atoms in total. The van der Waals surface area contributed by atoms with Gasteiger partial charge >= 0.3 is 0 Å². The van der Waals surface area contributed by atoms with Crippen LogP contribution in [-0.2, 0) is 4.79 Å². The summed E-state index contributed by atoms with van der Waals surface area (Å²) in [5, 5.41) is 1.58. The fourth-order valence-corrected chi connectivity index (χ4v) is 6.14. The number of nitrogen functional groups attached to an aromatic ring is 1. The number of carbonyl (C=O) groups is 2. The highest BCUT2D eigenvalue weighted by molar-refractivity contribution is 7.23. The molecule has 7 heteroatoms. The molecule has 1 atom stereocenters. The Bertz CT molecular complexity index is 935. The molecule has 0 bridgehead atoms. The number of nitrogens with zero attached hydrogens (tertiary/aromatic N) is 3. The Morgan fingerprint density at radius 3 is 2.65 bits per heavy atom. The largest absolute Gasteiger partial charge is 0.390 e. The van der Waals surface area contributed by atoms with E-state index < -0.39 is 0 Å². The minimum absolute atomic E-state index is 0.0567. The van der Waals surface area contributed by atoms with Crippen molar-refractivity contribution in [2.24, 2.45) is 5.92 Å². The highest BCUT2D eigenvalue weighted by Crippen LogP contribution is 2.35. The standard InChI is InChI=1S/C24H34N4O2S/c1-3-12-26(2)23(29)17-7-6-13-28(16-17)18-10-14-27(15-11-18)24(30)21-19-8-4-5-9-20(19)31-22(21)25/h4-5,8-9,17-18H,3,6-7,10-16,25H2,1-2H3. The third-order valence-electron chi connectivity index (χ3n) is 6.84. The minimum atomic E-state index is 0.0567. The Kier molecular flexibility index (Phi) is 6.82. The van der Waals surface area contributed by atoms with Crippen molar-refractivity contribution in [1.29, 1.82) is 0 Å². The summed E-state index contributed by atoms with van der Waals surface area (Å²) in [5.41, 5.74) is 6.89. The maximum atomic E-state index is 13.2. The van der Waals surface area contributed by atoms with Gasteiger partial charge in [0.05, 0.1) is 16.5 Å². The molecule has 2 N–H and O–H groups in total. The number of amides is 2. The van der Waals surface area contributed by atoms with Gasteiger partial charge in [-0.1, -0.05) is 25.1 Å². The molecular weight excluding hydrogens is 408 g/mol. The molecule has 4 rings (SSSR count). The maximum absolute atomic E-state index is 13.2. The van der Waals surface area contributed by atoms with Gasteiger partial charge in [-0.3, -0.25) is 14.5 Å². The topological polar surface area (TPSA) is 69.9 Å². The molecule has 168 valence electrons. The van der Waals surface area contributed by atoms with Crippen molar-refractivity contribution in [2.75, 3.05) is 45.5 Å². The Hall–Kier alpha value is -2.12. The van der Waals surface area contributed by atoms with Gasteiger partial charge in [0.1, 0.15) is 0 Å². The van der Waals surface area contributed by atoms with Crippen LogP contribution < -0.4 is 5.73 Å². The second-order valence-corrected chi connectivity index (χ2v) is 10.0. The molecule has 2 saturated heterocycles. The first kappa shape index (κ1) is 22.1. The van der Waals surface area contributed by atoms with E-state index in [1.807, 2.05) is 41.1 Å². The van der Waals surface area contributed by atoms with Gasteiger partial charge in [0, 0.05) is 49.4 Å². The number of fused-ring (bicyclic) bond motifs is 1. The van der Waals surface area contributed by atoms with Gasteiger partial charge in [-0.15, -0.1) is 11.3 Å². The van der Waals surface area contributed by atoms with Crippen LogP contribution in [0.15, 0.2) is 24.3 Å². The highest BCUT2D eigenvalue weighted by atomic mass is 32.1. The zero-order chi connectivity index (χ0) is 22.0. The van der Waals surface area contributed by atoms with Gasteiger partial charge in [0.2, 0.25) is 5.91 Å². The van der Waals surface area contributed by atoms with Crippen LogP contribution in [0.4, 0.5) is 5.00 Å². The molecule has 0 spiro atoms. The third kappa shape index (κ3) is 4.58. The van der Waals surface area contributed by atoms with Crippen molar-refractivity contribution < 1.29 is 9.59 Å². The summed E-state index contributed by atoms with van der Waals surface area (Å²) in [6.07, 6.45) is 4.98. The second kappa shape index (κ2) is 9.57. The van der Waals surface area contributed by atoms with Crippen LogP contribution in [-0.4, -0.2) is 72.3 Å². The number of thiophene rings is 1. The van der Waals surface area contributed by atoms with Crippen molar-refractivity contribution >= 4 is 38.2 Å². The fourth-order valence-electron chi connectivity index (χ4n) is 5.17. The van der Waals surface area contributed by atoms with E-state index in [-0.39, 0.29) is 11.8 Å². The molecule has 31 heavy (non-hydrogen) atoms. The molecule has 2 aliphatic heterocycles. The molecule has 0 radical (unpaired) electrons. The summed E-state index contributed by atoms with van der Waals surface area (Å²) < 4.78 is 1.07. The molecule has 1 aromatic heterocycles. The first-order chi connectivity index (χ1) is 15.0. The van der Waals surface area contributed by atoms with Crippen molar-refractivity contribution in [3.05, 3.63) is 29.8 Å². The summed E-state index contributed by atoms with van der Waals surface area (Å²) in [7, 11) is 1.93. The predicted molar refractivity (Wildman–Crippen MR) is 127 cm³/mol. The maximum Gasteiger partial charge on any atom is 0.257 e. The van der Waals surface area contributed by atoms with E-state index in [1.54, 1.807) is 0 Å². The number of benzene rings is 1. The molecule has 0 aliphatic carbocycles. The molecule has 2 fully saturated rings. The lowest BCUT2D eigenvalue weighted by atomic mass is 9.92. The lowest BCUT2D eigenvalue weighted by molar-refractivity contribution is -0.136. The molecule has 3 heterocycles. The van der Waals surface area contributed by atoms with E-state index in [1.165, 1.54) is 11.3 Å². The average Bonchev–Trinajstić information content (AvgIpc) is 3.14. The van der Waals surface area contributed by atoms with Crippen LogP contribution in [0.2, 0.25) is 0 Å². The molecule has 2 aliphatic rings. The van der Waals surface area contributed by atoms with Crippen LogP contribution in [0.25, 0.3) is 10.1 Å². The number of carbonyl (C=O) groups excluding carboxylic acids is 2. The van der Waals surface area contributed by atoms with Crippen LogP contribution in [0.1, 0.15) is 49.4 Å². The Labute approximate surface area is 189 Å². The third-order valence-corrected chi connectivity index (χ3v) is 7.84. The molecule has 1 aromatic carbocycles. The zero-order valence-electron chi connectivity index (χ0n) is 18.7. The van der Waals surface area contributed by atoms with E-state index in [4.69, 9.17) is 5.73 Å². The summed E-state index contributed by atoms with van der Waals surface area (Å²) >= 11 is 1.49. The number of hydrogen-bond acceptors (Lipinski definition) is 5. The first-order valence-electron chi connectivity index (χ1n) is 11.5. The number of hydrogen-bond donors (Lipinski definition) is 1. The minimum Gasteiger partial charge on any atom is -0.390 e. The molecule has 2 amide bonds. The number of piperidine rings is 2. The van der Waals surface area contributed by atoms with Crippen molar-refractivity contribution in [1.82, 2.24) is 14.7 Å². The lowest BCUT2D eigenvalue weighted by Crippen LogP contribution is -2.51. The van der Waals surface area contributed by atoms with E-state index in [0.717, 1.165) is 74.9 Å². The van der Waals surface area contributed by atoms with Crippen molar-refractivity contribution in [2.45, 2.75) is 45.1 Å². The van der Waals surface area contributed by atoms with Gasteiger partial charge in [0.15, 0.2) is 0 Å². The summed E-state index contributed by atoms with van der Waals surface area (Å²) in [6.45, 7) is 6.35. The Balaban J connectivity index is 1.36. The zero-order valence-corrected chi connectivity index (χ0v) is 19.5. The Morgan fingerprint density at radius 2 is 1.90 bits per heavy atom. The van der Waals surface area contributed by atoms with E-state index in [0.29, 0.717) is 22.5 Å². The van der Waals surface area contributed by atoms with Crippen LogP contribution >= 0.6 is 11.3 Å². The normalized spacial score (nSPS) is 20.8. The predicted octanol–water partition coefficient (Wildman–Crippen LogP) is 3.67. The average molecular weight is 443 g/mol. The summed E-state index contributed by atoms with van der Waals surface area (Å²) in [6, 6.07) is 8.40. The number of nitrogens with two attached hydrogens (primary N) is 1. The van der Waals surface area contributed by atoms with E-state index >= 15 is 0 Å². The Morgan fingerprint density at radius 1 is 1.16 bits per heavy atom. The van der Waals surface area contributed by atoms with E-state index in [2.05, 4.69) is 11.8 Å². The van der Waals surface area contributed by atoms with Gasteiger partial charge < -0.3 is 15.5 Å². The van der Waals surface area contributed by atoms with Gasteiger partial charge in [-0.2, -0.15) is 0 Å². The van der Waals surface area contributed by atoms with Crippen LogP contribution in [0, 0.1) is 5.92 Å². The van der Waals surface area contributed by atoms with Crippen LogP contribution in [0.5, 0.6) is 0 Å². The second-order valence-electron chi connectivity index (χ2n) is 8.95. The number of likely N-dealkylation sites (tertiary alicyclic amines) is 2. The van der Waals surface area contributed by atoms with Gasteiger partial charge in [0.25, 0.3) is 5.91 Å². The lowest BCUT2D eigenvalue weighted by Gasteiger charge is -2.42. The molecule has 2 aromatic rings.